The summed E-state index contributed by atoms with van der Waals surface area (Å²) in [6.07, 6.45) is 0.644. The van der Waals surface area contributed by atoms with E-state index in [1.165, 1.54) is 0 Å². The van der Waals surface area contributed by atoms with Crippen molar-refractivity contribution >= 4 is 17.4 Å². The fraction of sp³-hybridized carbons (Fsp3) is 0.308. The van der Waals surface area contributed by atoms with Crippen molar-refractivity contribution < 1.29 is 18.6 Å². The first kappa shape index (κ1) is 21.3. The van der Waals surface area contributed by atoms with Crippen molar-refractivity contribution in [3.63, 3.8) is 0 Å². The number of allylic oxidation sites excluding steroid dienone is 2. The molecule has 34 heavy (non-hydrogen) atoms. The lowest BCUT2D eigenvalue weighted by atomic mass is 9.70. The average Bonchev–Trinajstić information content (AvgIpc) is 3.49. The summed E-state index contributed by atoms with van der Waals surface area (Å²) in [6.45, 7) is 1.96. The van der Waals surface area contributed by atoms with Gasteiger partial charge in [-0.15, -0.1) is 0 Å². The molecule has 0 radical (unpaired) electrons. The maximum atomic E-state index is 10.1. The molecule has 5 unspecified atom stereocenters. The highest BCUT2D eigenvalue weighted by Crippen LogP contribution is 2.64. The van der Waals surface area contributed by atoms with E-state index >= 15 is 0 Å². The third-order valence-corrected chi connectivity index (χ3v) is 8.34. The zero-order valence-electron chi connectivity index (χ0n) is 18.9. The van der Waals surface area contributed by atoms with Gasteiger partial charge in [-0.3, -0.25) is 0 Å². The predicted molar refractivity (Wildman–Crippen MR) is 127 cm³/mol. The van der Waals surface area contributed by atoms with Crippen molar-refractivity contribution in [1.82, 2.24) is 4.98 Å². The van der Waals surface area contributed by atoms with Crippen molar-refractivity contribution in [2.75, 3.05) is 20.0 Å². The van der Waals surface area contributed by atoms with Gasteiger partial charge in [-0.2, -0.15) is 5.26 Å². The largest absolute Gasteiger partial charge is 0.491 e. The number of thioether (sulfide) groups is 1. The SMILES string of the molecule is COC1c2occc2C(OC)C2C3C(=C(C)OC12)Sc1nc(-c2ccccc2)c(C#N)c(N)c13. The molecule has 2 aromatic heterocycles. The summed E-state index contributed by atoms with van der Waals surface area (Å²) in [4.78, 5) is 6.01. The highest BCUT2D eigenvalue weighted by Gasteiger charge is 2.56. The third kappa shape index (κ3) is 2.81. The highest BCUT2D eigenvalue weighted by molar-refractivity contribution is 8.03. The second-order valence-electron chi connectivity index (χ2n) is 8.66. The smallest absolute Gasteiger partial charge is 0.152 e. The van der Waals surface area contributed by atoms with Crippen LogP contribution in [0.3, 0.4) is 0 Å². The fourth-order valence-electron chi connectivity index (χ4n) is 5.67. The number of furan rings is 1. The van der Waals surface area contributed by atoms with Gasteiger partial charge in [0.05, 0.1) is 23.7 Å². The van der Waals surface area contributed by atoms with E-state index in [1.54, 1.807) is 32.2 Å². The third-order valence-electron chi connectivity index (χ3n) is 7.07. The van der Waals surface area contributed by atoms with Gasteiger partial charge in [0.2, 0.25) is 0 Å². The normalized spacial score (nSPS) is 26.7. The molecule has 172 valence electrons. The number of rotatable bonds is 3. The Morgan fingerprint density at radius 3 is 2.59 bits per heavy atom. The van der Waals surface area contributed by atoms with Gasteiger partial charge >= 0.3 is 0 Å². The van der Waals surface area contributed by atoms with Crippen LogP contribution in [0, 0.1) is 17.2 Å². The van der Waals surface area contributed by atoms with Crippen LogP contribution in [-0.2, 0) is 14.2 Å². The molecule has 0 saturated carbocycles. The van der Waals surface area contributed by atoms with Crippen molar-refractivity contribution in [3.8, 4) is 17.3 Å². The van der Waals surface area contributed by atoms with Gasteiger partial charge < -0.3 is 24.4 Å². The molecule has 4 heterocycles. The number of nitrogens with two attached hydrogens (primary N) is 1. The molecule has 0 bridgehead atoms. The Morgan fingerprint density at radius 2 is 1.88 bits per heavy atom. The number of ether oxygens (including phenoxy) is 3. The lowest BCUT2D eigenvalue weighted by Crippen LogP contribution is -2.45. The van der Waals surface area contributed by atoms with Gasteiger partial charge in [-0.05, 0) is 13.0 Å². The van der Waals surface area contributed by atoms with Crippen LogP contribution >= 0.6 is 11.8 Å². The molecule has 0 spiro atoms. The predicted octanol–water partition coefficient (Wildman–Crippen LogP) is 5.32. The van der Waals surface area contributed by atoms with Crippen LogP contribution in [0.5, 0.6) is 0 Å². The van der Waals surface area contributed by atoms with Gasteiger partial charge in [0.25, 0.3) is 0 Å². The van der Waals surface area contributed by atoms with Crippen LogP contribution in [0.25, 0.3) is 11.3 Å². The number of nitrogens with zero attached hydrogens (tertiary/aromatic N) is 2. The van der Waals surface area contributed by atoms with Crippen molar-refractivity contribution in [1.29, 1.82) is 5.26 Å². The summed E-state index contributed by atoms with van der Waals surface area (Å²) < 4.78 is 24.2. The van der Waals surface area contributed by atoms with Crippen LogP contribution < -0.4 is 5.73 Å². The summed E-state index contributed by atoms with van der Waals surface area (Å²) in [6, 6.07) is 13.9. The number of anilines is 1. The number of aromatic nitrogens is 1. The standard InChI is InChI=1S/C26H23N3O4S/c1-12-25-16(18-21(30-2)14-9-10-32-22(14)24(31-3)23(18)33-12)17-19(28)15(11-27)20(29-26(17)34-25)13-7-5-4-6-8-13/h4-10,16,18,21,23-24H,1-3H3,(H2,28,29). The maximum absolute atomic E-state index is 10.1. The number of fused-ring (bicyclic) bond motifs is 6. The van der Waals surface area contributed by atoms with Crippen LogP contribution in [0.2, 0.25) is 0 Å². The minimum Gasteiger partial charge on any atom is -0.491 e. The molecular weight excluding hydrogens is 450 g/mol. The van der Waals surface area contributed by atoms with Crippen LogP contribution in [-0.4, -0.2) is 25.3 Å². The lowest BCUT2D eigenvalue weighted by Gasteiger charge is -2.46. The number of hydrogen-bond acceptors (Lipinski definition) is 8. The van der Waals surface area contributed by atoms with Gasteiger partial charge in [-0.25, -0.2) is 4.98 Å². The Labute approximate surface area is 201 Å². The van der Waals surface area contributed by atoms with E-state index in [0.717, 1.165) is 38.1 Å². The summed E-state index contributed by atoms with van der Waals surface area (Å²) in [7, 11) is 3.35. The molecule has 6 rings (SSSR count). The Balaban J connectivity index is 1.57. The quantitative estimate of drug-likeness (QED) is 0.545. The van der Waals surface area contributed by atoms with Crippen molar-refractivity contribution in [3.05, 3.63) is 75.8 Å². The number of nitrogen functional groups attached to an aromatic ring is 1. The van der Waals surface area contributed by atoms with Crippen LogP contribution in [0.15, 0.2) is 62.8 Å². The van der Waals surface area contributed by atoms with Gasteiger partial charge in [0, 0.05) is 47.7 Å². The first-order chi connectivity index (χ1) is 16.6. The molecule has 0 fully saturated rings. The molecule has 5 atom stereocenters. The van der Waals surface area contributed by atoms with Crippen LogP contribution in [0.4, 0.5) is 5.69 Å². The number of pyridine rings is 1. The Morgan fingerprint density at radius 1 is 1.12 bits per heavy atom. The molecule has 8 heteroatoms. The molecule has 2 N–H and O–H groups in total. The Kier molecular flexibility index (Phi) is 4.96. The molecule has 2 aliphatic heterocycles. The van der Waals surface area contributed by atoms with Crippen molar-refractivity contribution in [2.24, 2.45) is 5.92 Å². The zero-order chi connectivity index (χ0) is 23.6. The minimum absolute atomic E-state index is 0.131. The lowest BCUT2D eigenvalue weighted by molar-refractivity contribution is -0.131. The highest BCUT2D eigenvalue weighted by atomic mass is 32.2. The molecule has 7 nitrogen and oxygen atoms in total. The number of hydrogen-bond donors (Lipinski definition) is 1. The first-order valence-electron chi connectivity index (χ1n) is 11.1. The molecule has 1 aliphatic carbocycles. The number of methoxy groups -OCH3 is 2. The summed E-state index contributed by atoms with van der Waals surface area (Å²) in [5.41, 5.74) is 10.9. The van der Waals surface area contributed by atoms with E-state index in [0.29, 0.717) is 16.9 Å². The molecule has 3 aliphatic rings. The van der Waals surface area contributed by atoms with Crippen molar-refractivity contribution in [2.45, 2.75) is 36.2 Å². The van der Waals surface area contributed by atoms with Gasteiger partial charge in [0.1, 0.15) is 34.3 Å². The first-order valence-corrected chi connectivity index (χ1v) is 11.9. The van der Waals surface area contributed by atoms with Crippen LogP contribution in [0.1, 0.15) is 47.5 Å². The van der Waals surface area contributed by atoms with E-state index in [2.05, 4.69) is 6.07 Å². The topological polar surface area (TPSA) is 104 Å². The second kappa shape index (κ2) is 7.91. The zero-order valence-corrected chi connectivity index (χ0v) is 19.8. The molecule has 3 aromatic rings. The maximum Gasteiger partial charge on any atom is 0.152 e. The Bertz CT molecular complexity index is 1360. The van der Waals surface area contributed by atoms with Gasteiger partial charge in [-0.1, -0.05) is 42.1 Å². The van der Waals surface area contributed by atoms with E-state index in [1.807, 2.05) is 43.3 Å². The van der Waals surface area contributed by atoms with E-state index < -0.39 is 0 Å². The number of benzene rings is 1. The second-order valence-corrected chi connectivity index (χ2v) is 9.69. The Hall–Kier alpha value is -3.25. The van der Waals surface area contributed by atoms with E-state index in [-0.39, 0.29) is 30.1 Å². The molecular formula is C26H23N3O4S. The summed E-state index contributed by atoms with van der Waals surface area (Å²) in [5, 5.41) is 10.9. The molecule has 0 amide bonds. The number of nitriles is 1. The average molecular weight is 474 g/mol. The fourth-order valence-corrected chi connectivity index (χ4v) is 6.95. The van der Waals surface area contributed by atoms with E-state index in [9.17, 15) is 5.26 Å². The van der Waals surface area contributed by atoms with E-state index in [4.69, 9.17) is 29.3 Å². The summed E-state index contributed by atoms with van der Waals surface area (Å²) in [5.74, 6) is 1.26. The molecule has 1 aromatic carbocycles. The summed E-state index contributed by atoms with van der Waals surface area (Å²) >= 11 is 1.57. The van der Waals surface area contributed by atoms with Gasteiger partial charge in [0.15, 0.2) is 6.10 Å². The molecule has 0 saturated heterocycles. The minimum atomic E-state index is -0.389. The monoisotopic (exact) mass is 473 g/mol.